The highest BCUT2D eigenvalue weighted by Gasteiger charge is 2.12. The van der Waals surface area contributed by atoms with E-state index in [-0.39, 0.29) is 11.8 Å². The number of aromatic nitrogens is 1. The molecule has 1 aromatic carbocycles. The van der Waals surface area contributed by atoms with Crippen LogP contribution in [0.25, 0.3) is 10.9 Å². The summed E-state index contributed by atoms with van der Waals surface area (Å²) in [7, 11) is 0. The number of rotatable bonds is 4. The van der Waals surface area contributed by atoms with E-state index < -0.39 is 0 Å². The van der Waals surface area contributed by atoms with Gasteiger partial charge in [0.15, 0.2) is 0 Å². The Labute approximate surface area is 100 Å². The Kier molecular flexibility index (Phi) is 3.15. The smallest absolute Gasteiger partial charge is 0.222 e. The molecule has 2 rings (SSSR count). The zero-order valence-corrected chi connectivity index (χ0v) is 9.89. The SMILES string of the molecule is CC(Cn1ccc2cccc(CN)c21)C(N)=O. The molecule has 0 aliphatic rings. The van der Waals surface area contributed by atoms with E-state index in [0.717, 1.165) is 16.5 Å². The minimum absolute atomic E-state index is 0.184. The molecule has 0 spiro atoms. The lowest BCUT2D eigenvalue weighted by Gasteiger charge is -2.12. The molecular weight excluding hydrogens is 214 g/mol. The lowest BCUT2D eigenvalue weighted by molar-refractivity contribution is -0.121. The Morgan fingerprint density at radius 2 is 2.18 bits per heavy atom. The van der Waals surface area contributed by atoms with Gasteiger partial charge in [0.2, 0.25) is 5.91 Å². The topological polar surface area (TPSA) is 74.0 Å². The summed E-state index contributed by atoms with van der Waals surface area (Å²) < 4.78 is 2.05. The number of para-hydroxylation sites is 1. The average molecular weight is 231 g/mol. The summed E-state index contributed by atoms with van der Waals surface area (Å²) in [4.78, 5) is 11.1. The number of benzene rings is 1. The summed E-state index contributed by atoms with van der Waals surface area (Å²) in [6.45, 7) is 2.92. The van der Waals surface area contributed by atoms with Crippen LogP contribution in [0, 0.1) is 5.92 Å². The van der Waals surface area contributed by atoms with Crippen LogP contribution in [0.1, 0.15) is 12.5 Å². The highest BCUT2D eigenvalue weighted by molar-refractivity contribution is 5.83. The quantitative estimate of drug-likeness (QED) is 0.830. The molecule has 0 bridgehead atoms. The number of carbonyl (C=O) groups is 1. The molecule has 0 aliphatic carbocycles. The van der Waals surface area contributed by atoms with Crippen molar-refractivity contribution in [1.82, 2.24) is 4.57 Å². The van der Waals surface area contributed by atoms with Crippen LogP contribution in [-0.4, -0.2) is 10.5 Å². The number of primary amides is 1. The maximum Gasteiger partial charge on any atom is 0.222 e. The fourth-order valence-corrected chi connectivity index (χ4v) is 2.04. The van der Waals surface area contributed by atoms with Gasteiger partial charge in [0.25, 0.3) is 0 Å². The van der Waals surface area contributed by atoms with Crippen LogP contribution in [-0.2, 0) is 17.9 Å². The number of nitrogens with two attached hydrogens (primary N) is 2. The van der Waals surface area contributed by atoms with Gasteiger partial charge in [0.05, 0.1) is 11.4 Å². The van der Waals surface area contributed by atoms with E-state index in [2.05, 4.69) is 0 Å². The predicted octanol–water partition coefficient (Wildman–Crippen LogP) is 1.22. The van der Waals surface area contributed by atoms with Gasteiger partial charge < -0.3 is 16.0 Å². The van der Waals surface area contributed by atoms with E-state index in [1.54, 1.807) is 0 Å². The van der Waals surface area contributed by atoms with Crippen molar-refractivity contribution in [2.24, 2.45) is 17.4 Å². The van der Waals surface area contributed by atoms with E-state index in [1.165, 1.54) is 0 Å². The molecule has 1 aromatic heterocycles. The van der Waals surface area contributed by atoms with Crippen LogP contribution in [0.4, 0.5) is 0 Å². The zero-order valence-electron chi connectivity index (χ0n) is 9.89. The molecule has 1 unspecified atom stereocenters. The molecule has 0 aliphatic heterocycles. The molecular formula is C13H17N3O. The van der Waals surface area contributed by atoms with Crippen molar-refractivity contribution in [2.75, 3.05) is 0 Å². The van der Waals surface area contributed by atoms with Crippen LogP contribution in [0.5, 0.6) is 0 Å². The van der Waals surface area contributed by atoms with Crippen molar-refractivity contribution in [3.63, 3.8) is 0 Å². The van der Waals surface area contributed by atoms with Crippen LogP contribution in [0.2, 0.25) is 0 Å². The molecule has 0 fully saturated rings. The molecule has 4 heteroatoms. The third kappa shape index (κ3) is 2.17. The van der Waals surface area contributed by atoms with Crippen LogP contribution in [0.3, 0.4) is 0 Å². The van der Waals surface area contributed by atoms with Crippen molar-refractivity contribution in [2.45, 2.75) is 20.0 Å². The molecule has 2 aromatic rings. The van der Waals surface area contributed by atoms with E-state index in [4.69, 9.17) is 11.5 Å². The number of amides is 1. The molecule has 4 nitrogen and oxygen atoms in total. The zero-order chi connectivity index (χ0) is 12.4. The summed E-state index contributed by atoms with van der Waals surface area (Å²) >= 11 is 0. The molecule has 90 valence electrons. The normalized spacial score (nSPS) is 12.8. The van der Waals surface area contributed by atoms with Crippen molar-refractivity contribution in [3.8, 4) is 0 Å². The largest absolute Gasteiger partial charge is 0.369 e. The summed E-state index contributed by atoms with van der Waals surface area (Å²) in [5.41, 5.74) is 13.2. The monoisotopic (exact) mass is 231 g/mol. The van der Waals surface area contributed by atoms with Crippen molar-refractivity contribution in [3.05, 3.63) is 36.0 Å². The maximum atomic E-state index is 11.1. The summed E-state index contributed by atoms with van der Waals surface area (Å²) in [5, 5.41) is 1.14. The molecule has 4 N–H and O–H groups in total. The predicted molar refractivity (Wildman–Crippen MR) is 68.2 cm³/mol. The highest BCUT2D eigenvalue weighted by atomic mass is 16.1. The summed E-state index contributed by atoms with van der Waals surface area (Å²) in [6, 6.07) is 8.07. The van der Waals surface area contributed by atoms with Gasteiger partial charge in [-0.05, 0) is 17.0 Å². The van der Waals surface area contributed by atoms with Gasteiger partial charge >= 0.3 is 0 Å². The van der Waals surface area contributed by atoms with Gasteiger partial charge in [-0.2, -0.15) is 0 Å². The van der Waals surface area contributed by atoms with E-state index >= 15 is 0 Å². The first-order valence-corrected chi connectivity index (χ1v) is 5.69. The van der Waals surface area contributed by atoms with E-state index in [9.17, 15) is 4.79 Å². The minimum Gasteiger partial charge on any atom is -0.369 e. The van der Waals surface area contributed by atoms with Gasteiger partial charge in [-0.25, -0.2) is 0 Å². The molecule has 1 amide bonds. The highest BCUT2D eigenvalue weighted by Crippen LogP contribution is 2.21. The van der Waals surface area contributed by atoms with Crippen LogP contribution < -0.4 is 11.5 Å². The van der Waals surface area contributed by atoms with Gasteiger partial charge in [-0.3, -0.25) is 4.79 Å². The Balaban J connectivity index is 2.44. The van der Waals surface area contributed by atoms with E-state index in [0.29, 0.717) is 13.1 Å². The minimum atomic E-state index is -0.280. The summed E-state index contributed by atoms with van der Waals surface area (Å²) in [5.74, 6) is -0.464. The number of hydrogen-bond donors (Lipinski definition) is 2. The Hall–Kier alpha value is -1.81. The molecule has 1 atom stereocenters. The van der Waals surface area contributed by atoms with Crippen molar-refractivity contribution >= 4 is 16.8 Å². The van der Waals surface area contributed by atoms with E-state index in [1.807, 2.05) is 42.0 Å². The second-order valence-corrected chi connectivity index (χ2v) is 4.33. The maximum absolute atomic E-state index is 11.1. The lowest BCUT2D eigenvalue weighted by Crippen LogP contribution is -2.24. The molecule has 0 saturated heterocycles. The van der Waals surface area contributed by atoms with Gasteiger partial charge in [0, 0.05) is 19.3 Å². The third-order valence-corrected chi connectivity index (χ3v) is 3.05. The molecule has 0 saturated carbocycles. The molecule has 1 heterocycles. The Bertz CT molecular complexity index is 545. The van der Waals surface area contributed by atoms with Crippen LogP contribution >= 0.6 is 0 Å². The average Bonchev–Trinajstić information content (AvgIpc) is 2.72. The molecule has 17 heavy (non-hydrogen) atoms. The number of carbonyl (C=O) groups excluding carboxylic acids is 1. The number of fused-ring (bicyclic) bond motifs is 1. The first-order chi connectivity index (χ1) is 8.13. The third-order valence-electron chi connectivity index (χ3n) is 3.05. The van der Waals surface area contributed by atoms with Crippen molar-refractivity contribution < 1.29 is 4.79 Å². The lowest BCUT2D eigenvalue weighted by atomic mass is 10.1. The van der Waals surface area contributed by atoms with Crippen LogP contribution in [0.15, 0.2) is 30.5 Å². The fraction of sp³-hybridized carbons (Fsp3) is 0.308. The van der Waals surface area contributed by atoms with Crippen molar-refractivity contribution in [1.29, 1.82) is 0 Å². The number of nitrogens with zero attached hydrogens (tertiary/aromatic N) is 1. The standard InChI is InChI=1S/C13H17N3O/c1-9(13(15)17)8-16-6-5-10-3-2-4-11(7-14)12(10)16/h2-6,9H,7-8,14H2,1H3,(H2,15,17). The fourth-order valence-electron chi connectivity index (χ4n) is 2.04. The first-order valence-electron chi connectivity index (χ1n) is 5.69. The van der Waals surface area contributed by atoms with Gasteiger partial charge in [-0.15, -0.1) is 0 Å². The second-order valence-electron chi connectivity index (χ2n) is 4.33. The van der Waals surface area contributed by atoms with Gasteiger partial charge in [-0.1, -0.05) is 25.1 Å². The summed E-state index contributed by atoms with van der Waals surface area (Å²) in [6.07, 6.45) is 1.98. The second kappa shape index (κ2) is 4.59. The molecule has 0 radical (unpaired) electrons. The Morgan fingerprint density at radius 3 is 2.82 bits per heavy atom. The first kappa shape index (κ1) is 11.7. The number of hydrogen-bond acceptors (Lipinski definition) is 2. The van der Waals surface area contributed by atoms with Gasteiger partial charge in [0.1, 0.15) is 0 Å². The Morgan fingerprint density at radius 1 is 1.41 bits per heavy atom.